The molecule has 0 aromatic heterocycles. The largest absolute Gasteiger partial charge is 0.489 e. The Bertz CT molecular complexity index is 599. The van der Waals surface area contributed by atoms with Crippen LogP contribution in [-0.4, -0.2) is 25.2 Å². The van der Waals surface area contributed by atoms with Crippen molar-refractivity contribution in [3.63, 3.8) is 0 Å². The van der Waals surface area contributed by atoms with Crippen LogP contribution in [-0.2, 0) is 11.3 Å². The molecule has 116 valence electrons. The molecule has 0 aliphatic heterocycles. The lowest BCUT2D eigenvalue weighted by molar-refractivity contribution is 0.204. The topological polar surface area (TPSA) is 30.5 Å². The van der Waals surface area contributed by atoms with Gasteiger partial charge in [-0.3, -0.25) is 0 Å². The Balaban J connectivity index is 1.86. The van der Waals surface area contributed by atoms with Crippen LogP contribution in [0.2, 0.25) is 5.02 Å². The standard InChI is InChI=1S/C17H18ClNO2S/c1-20-11-10-19-17(22)14-4-8-16(9-5-14)21-12-13-2-6-15(18)7-3-13/h2-9H,10-12H2,1H3,(H,19,22). The monoisotopic (exact) mass is 335 g/mol. The number of halogens is 1. The van der Waals surface area contributed by atoms with E-state index in [0.717, 1.165) is 21.9 Å². The highest BCUT2D eigenvalue weighted by Crippen LogP contribution is 2.16. The Morgan fingerprint density at radius 2 is 1.77 bits per heavy atom. The summed E-state index contributed by atoms with van der Waals surface area (Å²) in [5, 5.41) is 3.86. The predicted molar refractivity (Wildman–Crippen MR) is 93.8 cm³/mol. The van der Waals surface area contributed by atoms with Gasteiger partial charge in [-0.05, 0) is 42.0 Å². The van der Waals surface area contributed by atoms with Gasteiger partial charge in [-0.25, -0.2) is 0 Å². The Morgan fingerprint density at radius 1 is 1.09 bits per heavy atom. The minimum Gasteiger partial charge on any atom is -0.489 e. The smallest absolute Gasteiger partial charge is 0.119 e. The molecule has 0 spiro atoms. The molecule has 1 N–H and O–H groups in total. The predicted octanol–water partition coefficient (Wildman–Crippen LogP) is 3.83. The van der Waals surface area contributed by atoms with Crippen molar-refractivity contribution in [3.05, 3.63) is 64.7 Å². The number of rotatable bonds is 7. The van der Waals surface area contributed by atoms with Crippen LogP contribution in [0.5, 0.6) is 5.75 Å². The lowest BCUT2D eigenvalue weighted by Gasteiger charge is -2.09. The zero-order valence-corrected chi connectivity index (χ0v) is 13.9. The molecule has 0 saturated carbocycles. The maximum atomic E-state index is 5.85. The van der Waals surface area contributed by atoms with Gasteiger partial charge in [0.15, 0.2) is 0 Å². The van der Waals surface area contributed by atoms with E-state index in [4.69, 9.17) is 33.3 Å². The lowest BCUT2D eigenvalue weighted by Crippen LogP contribution is -2.25. The van der Waals surface area contributed by atoms with Crippen LogP contribution in [0.25, 0.3) is 0 Å². The number of nitrogens with one attached hydrogen (secondary N) is 1. The number of ether oxygens (including phenoxy) is 2. The molecule has 0 aliphatic carbocycles. The summed E-state index contributed by atoms with van der Waals surface area (Å²) >= 11 is 11.2. The summed E-state index contributed by atoms with van der Waals surface area (Å²) in [6.07, 6.45) is 0. The third-order valence-electron chi connectivity index (χ3n) is 3.03. The molecule has 5 heteroatoms. The SMILES string of the molecule is COCCNC(=S)c1ccc(OCc2ccc(Cl)cc2)cc1. The molecule has 0 amide bonds. The average Bonchev–Trinajstić information content (AvgIpc) is 2.55. The first-order valence-corrected chi connectivity index (χ1v) is 7.72. The molecule has 22 heavy (non-hydrogen) atoms. The first-order valence-electron chi connectivity index (χ1n) is 6.93. The molecule has 0 atom stereocenters. The second-order valence-electron chi connectivity index (χ2n) is 4.69. The van der Waals surface area contributed by atoms with Crippen LogP contribution in [0, 0.1) is 0 Å². The summed E-state index contributed by atoms with van der Waals surface area (Å²) in [6.45, 7) is 1.83. The Morgan fingerprint density at radius 3 is 2.41 bits per heavy atom. The zero-order chi connectivity index (χ0) is 15.8. The molecule has 0 radical (unpaired) electrons. The number of benzene rings is 2. The summed E-state index contributed by atoms with van der Waals surface area (Å²) in [5.74, 6) is 0.804. The highest BCUT2D eigenvalue weighted by molar-refractivity contribution is 7.80. The number of hydrogen-bond acceptors (Lipinski definition) is 3. The molecule has 2 aromatic carbocycles. The van der Waals surface area contributed by atoms with Crippen LogP contribution in [0.1, 0.15) is 11.1 Å². The van der Waals surface area contributed by atoms with Gasteiger partial charge >= 0.3 is 0 Å². The molecular weight excluding hydrogens is 318 g/mol. The third-order valence-corrected chi connectivity index (χ3v) is 3.66. The van der Waals surface area contributed by atoms with E-state index in [0.29, 0.717) is 24.7 Å². The summed E-state index contributed by atoms with van der Waals surface area (Å²) in [7, 11) is 1.66. The number of methoxy groups -OCH3 is 1. The van der Waals surface area contributed by atoms with Crippen LogP contribution in [0.4, 0.5) is 0 Å². The van der Waals surface area contributed by atoms with Crippen LogP contribution in [0.3, 0.4) is 0 Å². The van der Waals surface area contributed by atoms with E-state index in [1.807, 2.05) is 48.5 Å². The molecule has 0 aliphatic rings. The second-order valence-corrected chi connectivity index (χ2v) is 5.53. The highest BCUT2D eigenvalue weighted by Gasteiger charge is 2.02. The number of hydrogen-bond donors (Lipinski definition) is 1. The van der Waals surface area contributed by atoms with Gasteiger partial charge in [-0.15, -0.1) is 0 Å². The maximum absolute atomic E-state index is 5.85. The molecule has 0 fully saturated rings. The normalized spacial score (nSPS) is 10.3. The first-order chi connectivity index (χ1) is 10.7. The van der Waals surface area contributed by atoms with Crippen LogP contribution < -0.4 is 10.1 Å². The Hall–Kier alpha value is -1.62. The summed E-state index contributed by atoms with van der Waals surface area (Å²) < 4.78 is 10.7. The average molecular weight is 336 g/mol. The van der Waals surface area contributed by atoms with Crippen molar-refractivity contribution >= 4 is 28.8 Å². The minimum atomic E-state index is 0.507. The van der Waals surface area contributed by atoms with E-state index in [9.17, 15) is 0 Å². The van der Waals surface area contributed by atoms with Gasteiger partial charge in [-0.1, -0.05) is 36.0 Å². The summed E-state index contributed by atoms with van der Waals surface area (Å²) in [4.78, 5) is 0.710. The van der Waals surface area contributed by atoms with Gasteiger partial charge in [0.1, 0.15) is 17.3 Å². The molecule has 3 nitrogen and oxygen atoms in total. The minimum absolute atomic E-state index is 0.507. The quantitative estimate of drug-likeness (QED) is 0.615. The van der Waals surface area contributed by atoms with Crippen molar-refractivity contribution < 1.29 is 9.47 Å². The van der Waals surface area contributed by atoms with E-state index in [1.165, 1.54) is 0 Å². The van der Waals surface area contributed by atoms with Crippen molar-refractivity contribution in [2.45, 2.75) is 6.61 Å². The van der Waals surface area contributed by atoms with E-state index in [1.54, 1.807) is 7.11 Å². The maximum Gasteiger partial charge on any atom is 0.119 e. The van der Waals surface area contributed by atoms with Crippen molar-refractivity contribution in [3.8, 4) is 5.75 Å². The van der Waals surface area contributed by atoms with Crippen molar-refractivity contribution in [2.75, 3.05) is 20.3 Å². The van der Waals surface area contributed by atoms with Gasteiger partial charge < -0.3 is 14.8 Å². The molecule has 2 aromatic rings. The van der Waals surface area contributed by atoms with Crippen LogP contribution >= 0.6 is 23.8 Å². The second kappa shape index (κ2) is 8.73. The molecular formula is C17H18ClNO2S. The van der Waals surface area contributed by atoms with Crippen molar-refractivity contribution in [1.82, 2.24) is 5.32 Å². The fourth-order valence-corrected chi connectivity index (χ4v) is 2.18. The first kappa shape index (κ1) is 16.7. The number of thiocarbonyl (C=S) groups is 1. The van der Waals surface area contributed by atoms with E-state index in [2.05, 4.69) is 5.32 Å². The molecule has 0 unspecified atom stereocenters. The fourth-order valence-electron chi connectivity index (χ4n) is 1.82. The van der Waals surface area contributed by atoms with Crippen molar-refractivity contribution in [2.24, 2.45) is 0 Å². The van der Waals surface area contributed by atoms with E-state index < -0.39 is 0 Å². The molecule has 0 heterocycles. The van der Waals surface area contributed by atoms with Gasteiger partial charge in [0.05, 0.1) is 6.61 Å². The van der Waals surface area contributed by atoms with Crippen molar-refractivity contribution in [1.29, 1.82) is 0 Å². The Labute approximate surface area is 141 Å². The highest BCUT2D eigenvalue weighted by atomic mass is 35.5. The lowest BCUT2D eigenvalue weighted by atomic mass is 10.2. The molecule has 2 rings (SSSR count). The van der Waals surface area contributed by atoms with Gasteiger partial charge in [0.2, 0.25) is 0 Å². The summed E-state index contributed by atoms with van der Waals surface area (Å²) in [5.41, 5.74) is 2.04. The third kappa shape index (κ3) is 5.30. The van der Waals surface area contributed by atoms with E-state index >= 15 is 0 Å². The van der Waals surface area contributed by atoms with Gasteiger partial charge in [-0.2, -0.15) is 0 Å². The zero-order valence-electron chi connectivity index (χ0n) is 12.3. The summed E-state index contributed by atoms with van der Waals surface area (Å²) in [6, 6.07) is 15.3. The van der Waals surface area contributed by atoms with E-state index in [-0.39, 0.29) is 0 Å². The van der Waals surface area contributed by atoms with Crippen LogP contribution in [0.15, 0.2) is 48.5 Å². The molecule has 0 bridgehead atoms. The fraction of sp³-hybridized carbons (Fsp3) is 0.235. The molecule has 0 saturated heterocycles. The van der Waals surface area contributed by atoms with Gasteiger partial charge in [0, 0.05) is 24.2 Å². The van der Waals surface area contributed by atoms with Gasteiger partial charge in [0.25, 0.3) is 0 Å². The Kier molecular flexibility index (Phi) is 6.65.